The third kappa shape index (κ3) is 6.00. The molecular weight excluding hydrogens is 366 g/mol. The Morgan fingerprint density at radius 2 is 1.67 bits per heavy atom. The minimum absolute atomic E-state index is 0.00801. The Hall–Kier alpha value is -1.48. The van der Waals surface area contributed by atoms with Crippen LogP contribution in [0, 0.1) is 0 Å². The summed E-state index contributed by atoms with van der Waals surface area (Å²) in [5, 5.41) is 2.92. The van der Waals surface area contributed by atoms with Crippen molar-refractivity contribution >= 4 is 15.9 Å². The number of hydrogen-bond acceptors (Lipinski definition) is 5. The molecule has 0 unspecified atom stereocenters. The maximum atomic E-state index is 12.5. The van der Waals surface area contributed by atoms with Gasteiger partial charge in [-0.3, -0.25) is 9.69 Å². The van der Waals surface area contributed by atoms with Crippen LogP contribution in [0.1, 0.15) is 35.2 Å². The Kier molecular flexibility index (Phi) is 7.23. The topological polar surface area (TPSA) is 79.0 Å². The molecule has 0 atom stereocenters. The van der Waals surface area contributed by atoms with Crippen molar-refractivity contribution < 1.29 is 17.9 Å². The lowest BCUT2D eigenvalue weighted by molar-refractivity contribution is 0.0383. The Morgan fingerprint density at radius 3 is 2.33 bits per heavy atom. The number of carbonyl (C=O) groups is 1. The van der Waals surface area contributed by atoms with Crippen molar-refractivity contribution in [2.75, 3.05) is 52.5 Å². The molecule has 2 aliphatic rings. The van der Waals surface area contributed by atoms with Crippen molar-refractivity contribution in [3.05, 3.63) is 35.4 Å². The van der Waals surface area contributed by atoms with Gasteiger partial charge in [-0.1, -0.05) is 18.6 Å². The molecule has 27 heavy (non-hydrogen) atoms. The molecule has 1 aromatic carbocycles. The largest absolute Gasteiger partial charge is 0.379 e. The molecule has 1 aromatic rings. The zero-order valence-electron chi connectivity index (χ0n) is 15.7. The maximum absolute atomic E-state index is 12.5. The summed E-state index contributed by atoms with van der Waals surface area (Å²) in [6.07, 6.45) is 2.97. The average molecular weight is 396 g/mol. The van der Waals surface area contributed by atoms with Crippen molar-refractivity contribution in [1.82, 2.24) is 14.5 Å². The van der Waals surface area contributed by atoms with Crippen LogP contribution in [-0.2, 0) is 20.5 Å². The standard InChI is InChI=1S/C19H29N3O4S/c23-19(20-8-11-21-12-14-26-15-13-21)18-6-4-17(5-7-18)16-27(24,25)22-9-2-1-3-10-22/h4-7H,1-3,8-16H2,(H,20,23). The molecule has 3 rings (SSSR count). The summed E-state index contributed by atoms with van der Waals surface area (Å²) in [6.45, 7) is 5.92. The Balaban J connectivity index is 1.48. The molecule has 2 heterocycles. The normalized spacial score (nSPS) is 19.7. The van der Waals surface area contributed by atoms with E-state index in [2.05, 4.69) is 10.2 Å². The van der Waals surface area contributed by atoms with Gasteiger partial charge < -0.3 is 10.1 Å². The lowest BCUT2D eigenvalue weighted by Gasteiger charge is -2.26. The van der Waals surface area contributed by atoms with E-state index >= 15 is 0 Å². The van der Waals surface area contributed by atoms with Gasteiger partial charge in [-0.25, -0.2) is 12.7 Å². The highest BCUT2D eigenvalue weighted by molar-refractivity contribution is 7.88. The first-order valence-corrected chi connectivity index (χ1v) is 11.3. The average Bonchev–Trinajstić information content (AvgIpc) is 2.70. The van der Waals surface area contributed by atoms with Gasteiger partial charge in [0, 0.05) is 44.8 Å². The zero-order valence-corrected chi connectivity index (χ0v) is 16.5. The van der Waals surface area contributed by atoms with E-state index in [1.165, 1.54) is 0 Å². The molecule has 7 nitrogen and oxygen atoms in total. The predicted octanol–water partition coefficient (Wildman–Crippen LogP) is 1.06. The van der Waals surface area contributed by atoms with Crippen LogP contribution in [0.5, 0.6) is 0 Å². The number of carbonyl (C=O) groups excluding carboxylic acids is 1. The van der Waals surface area contributed by atoms with Crippen molar-refractivity contribution in [3.8, 4) is 0 Å². The van der Waals surface area contributed by atoms with E-state index in [1.807, 2.05) is 0 Å². The number of nitrogens with zero attached hydrogens (tertiary/aromatic N) is 2. The molecule has 2 fully saturated rings. The number of nitrogens with one attached hydrogen (secondary N) is 1. The molecule has 1 N–H and O–H groups in total. The van der Waals surface area contributed by atoms with Gasteiger partial charge in [0.2, 0.25) is 10.0 Å². The molecule has 0 aliphatic carbocycles. The highest BCUT2D eigenvalue weighted by atomic mass is 32.2. The second-order valence-corrected chi connectivity index (χ2v) is 9.09. The SMILES string of the molecule is O=C(NCCN1CCOCC1)c1ccc(CS(=O)(=O)N2CCCCC2)cc1. The summed E-state index contributed by atoms with van der Waals surface area (Å²) in [5.41, 5.74) is 1.27. The van der Waals surface area contributed by atoms with Crippen LogP contribution in [0.25, 0.3) is 0 Å². The first-order chi connectivity index (χ1) is 13.0. The fraction of sp³-hybridized carbons (Fsp3) is 0.632. The molecule has 1 amide bonds. The van der Waals surface area contributed by atoms with Gasteiger partial charge in [0.15, 0.2) is 0 Å². The van der Waals surface area contributed by atoms with Gasteiger partial charge in [0.05, 0.1) is 19.0 Å². The van der Waals surface area contributed by atoms with E-state index in [9.17, 15) is 13.2 Å². The zero-order chi connectivity index (χ0) is 19.1. The number of benzene rings is 1. The van der Waals surface area contributed by atoms with E-state index in [4.69, 9.17) is 4.74 Å². The number of ether oxygens (including phenoxy) is 1. The molecule has 0 saturated carbocycles. The lowest BCUT2D eigenvalue weighted by Crippen LogP contribution is -2.41. The first-order valence-electron chi connectivity index (χ1n) is 9.70. The van der Waals surface area contributed by atoms with E-state index in [-0.39, 0.29) is 11.7 Å². The maximum Gasteiger partial charge on any atom is 0.251 e. The van der Waals surface area contributed by atoms with Gasteiger partial charge >= 0.3 is 0 Å². The Bertz CT molecular complexity index is 709. The van der Waals surface area contributed by atoms with E-state index < -0.39 is 10.0 Å². The number of rotatable bonds is 7. The van der Waals surface area contributed by atoms with Gasteiger partial charge in [-0.05, 0) is 30.5 Å². The quantitative estimate of drug-likeness (QED) is 0.747. The summed E-state index contributed by atoms with van der Waals surface area (Å²) in [6, 6.07) is 6.87. The molecule has 150 valence electrons. The summed E-state index contributed by atoms with van der Waals surface area (Å²) in [5.74, 6) is -0.139. The van der Waals surface area contributed by atoms with E-state index in [0.29, 0.717) is 30.8 Å². The molecule has 0 bridgehead atoms. The molecule has 8 heteroatoms. The van der Waals surface area contributed by atoms with Gasteiger partial charge in [0.25, 0.3) is 5.91 Å². The van der Waals surface area contributed by atoms with Crippen molar-refractivity contribution in [2.24, 2.45) is 0 Å². The highest BCUT2D eigenvalue weighted by Crippen LogP contribution is 2.17. The highest BCUT2D eigenvalue weighted by Gasteiger charge is 2.24. The third-order valence-electron chi connectivity index (χ3n) is 5.09. The van der Waals surface area contributed by atoms with E-state index in [1.54, 1.807) is 28.6 Å². The number of amides is 1. The van der Waals surface area contributed by atoms with Crippen LogP contribution in [0.2, 0.25) is 0 Å². The Labute approximate surface area is 161 Å². The van der Waals surface area contributed by atoms with Crippen molar-refractivity contribution in [2.45, 2.75) is 25.0 Å². The third-order valence-corrected chi connectivity index (χ3v) is 6.94. The number of hydrogen-bond donors (Lipinski definition) is 1. The predicted molar refractivity (Wildman–Crippen MR) is 104 cm³/mol. The number of morpholine rings is 1. The van der Waals surface area contributed by atoms with Crippen molar-refractivity contribution in [1.29, 1.82) is 0 Å². The lowest BCUT2D eigenvalue weighted by atomic mass is 10.1. The van der Waals surface area contributed by atoms with Gasteiger partial charge in [0.1, 0.15) is 0 Å². The van der Waals surface area contributed by atoms with Crippen molar-refractivity contribution in [3.63, 3.8) is 0 Å². The smallest absolute Gasteiger partial charge is 0.251 e. The fourth-order valence-corrected chi connectivity index (χ4v) is 5.06. The number of piperidine rings is 1. The monoisotopic (exact) mass is 395 g/mol. The van der Waals surface area contributed by atoms with Crippen LogP contribution < -0.4 is 5.32 Å². The van der Waals surface area contributed by atoms with Crippen LogP contribution in [0.4, 0.5) is 0 Å². The van der Waals surface area contributed by atoms with Gasteiger partial charge in [-0.2, -0.15) is 0 Å². The fourth-order valence-electron chi connectivity index (χ4n) is 3.45. The summed E-state index contributed by atoms with van der Waals surface area (Å²) in [4.78, 5) is 14.5. The minimum atomic E-state index is -3.28. The molecule has 0 radical (unpaired) electrons. The summed E-state index contributed by atoms with van der Waals surface area (Å²) < 4.78 is 31.9. The minimum Gasteiger partial charge on any atom is -0.379 e. The Morgan fingerprint density at radius 1 is 1.00 bits per heavy atom. The molecule has 2 saturated heterocycles. The molecule has 0 aromatic heterocycles. The van der Waals surface area contributed by atoms with Crippen LogP contribution in [0.3, 0.4) is 0 Å². The molecule has 0 spiro atoms. The van der Waals surface area contributed by atoms with Crippen LogP contribution in [0.15, 0.2) is 24.3 Å². The van der Waals surface area contributed by atoms with E-state index in [0.717, 1.165) is 52.1 Å². The second-order valence-electron chi connectivity index (χ2n) is 7.12. The second kappa shape index (κ2) is 9.64. The summed E-state index contributed by atoms with van der Waals surface area (Å²) >= 11 is 0. The first kappa shape index (κ1) is 20.3. The van der Waals surface area contributed by atoms with Gasteiger partial charge in [-0.15, -0.1) is 0 Å². The van der Waals surface area contributed by atoms with Crippen LogP contribution in [-0.4, -0.2) is 76.0 Å². The molecular formula is C19H29N3O4S. The molecule has 2 aliphatic heterocycles. The van der Waals surface area contributed by atoms with Crippen LogP contribution >= 0.6 is 0 Å². The summed E-state index contributed by atoms with van der Waals surface area (Å²) in [7, 11) is -3.28. The number of sulfonamides is 1.